The number of rotatable bonds is 6. The summed E-state index contributed by atoms with van der Waals surface area (Å²) in [5, 5.41) is 4.70. The average molecular weight is 357 g/mol. The standard InChI is InChI=1S/C20H27N3O3/c1-24-17-5-4-15-11-16(13-21-14-18-3-2-8-26-18)20(22-19(15)12-17)23-6-9-25-10-7-23/h4-5,11-12,18,21H,2-3,6-10,13-14H2,1H3/t18-/m0/s1. The van der Waals surface area contributed by atoms with Crippen molar-refractivity contribution in [3.63, 3.8) is 0 Å². The summed E-state index contributed by atoms with van der Waals surface area (Å²) in [5.74, 6) is 1.89. The van der Waals surface area contributed by atoms with Crippen molar-refractivity contribution < 1.29 is 14.2 Å². The van der Waals surface area contributed by atoms with Gasteiger partial charge >= 0.3 is 0 Å². The van der Waals surface area contributed by atoms with E-state index in [1.807, 2.05) is 12.1 Å². The third-order valence-electron chi connectivity index (χ3n) is 5.10. The number of benzene rings is 1. The molecule has 2 saturated heterocycles. The zero-order chi connectivity index (χ0) is 17.8. The van der Waals surface area contributed by atoms with Gasteiger partial charge in [0.15, 0.2) is 0 Å². The summed E-state index contributed by atoms with van der Waals surface area (Å²) in [6.45, 7) is 5.83. The van der Waals surface area contributed by atoms with Crippen molar-refractivity contribution in [1.29, 1.82) is 0 Å². The molecular formula is C20H27N3O3. The second kappa shape index (κ2) is 8.20. The minimum absolute atomic E-state index is 0.347. The summed E-state index contributed by atoms with van der Waals surface area (Å²) < 4.78 is 16.6. The van der Waals surface area contributed by atoms with Crippen molar-refractivity contribution in [2.45, 2.75) is 25.5 Å². The molecule has 6 nitrogen and oxygen atoms in total. The van der Waals surface area contributed by atoms with Crippen LogP contribution in [0.25, 0.3) is 10.9 Å². The largest absolute Gasteiger partial charge is 0.497 e. The molecule has 3 heterocycles. The Bertz CT molecular complexity index is 740. The van der Waals surface area contributed by atoms with Crippen molar-refractivity contribution >= 4 is 16.7 Å². The summed E-state index contributed by atoms with van der Waals surface area (Å²) in [6.07, 6.45) is 2.67. The van der Waals surface area contributed by atoms with Gasteiger partial charge in [-0.2, -0.15) is 0 Å². The topological polar surface area (TPSA) is 55.8 Å². The Balaban J connectivity index is 1.59. The molecule has 0 radical (unpaired) electrons. The van der Waals surface area contributed by atoms with Crippen LogP contribution in [0.2, 0.25) is 0 Å². The highest BCUT2D eigenvalue weighted by atomic mass is 16.5. The molecule has 2 fully saturated rings. The zero-order valence-corrected chi connectivity index (χ0v) is 15.4. The highest BCUT2D eigenvalue weighted by Gasteiger charge is 2.19. The van der Waals surface area contributed by atoms with E-state index in [-0.39, 0.29) is 0 Å². The maximum Gasteiger partial charge on any atom is 0.133 e. The van der Waals surface area contributed by atoms with E-state index in [4.69, 9.17) is 19.2 Å². The fourth-order valence-corrected chi connectivity index (χ4v) is 3.66. The lowest BCUT2D eigenvalue weighted by atomic mass is 10.1. The van der Waals surface area contributed by atoms with Crippen LogP contribution in [0.15, 0.2) is 24.3 Å². The Labute approximate surface area is 154 Å². The lowest BCUT2D eigenvalue weighted by Gasteiger charge is -2.30. The number of morpholine rings is 1. The number of methoxy groups -OCH3 is 1. The molecule has 0 saturated carbocycles. The summed E-state index contributed by atoms with van der Waals surface area (Å²) in [6, 6.07) is 8.31. The molecule has 0 bridgehead atoms. The molecule has 2 aromatic rings. The number of hydrogen-bond donors (Lipinski definition) is 1. The van der Waals surface area contributed by atoms with Gasteiger partial charge < -0.3 is 24.4 Å². The Morgan fingerprint density at radius 3 is 2.88 bits per heavy atom. The molecule has 0 spiro atoms. The van der Waals surface area contributed by atoms with Gasteiger partial charge in [-0.25, -0.2) is 4.98 Å². The van der Waals surface area contributed by atoms with Crippen LogP contribution in [0, 0.1) is 0 Å². The van der Waals surface area contributed by atoms with Crippen molar-refractivity contribution in [3.8, 4) is 5.75 Å². The third kappa shape index (κ3) is 3.92. The first-order chi connectivity index (χ1) is 12.8. The first kappa shape index (κ1) is 17.5. The van der Waals surface area contributed by atoms with Crippen LogP contribution in [0.5, 0.6) is 5.75 Å². The minimum Gasteiger partial charge on any atom is -0.497 e. The van der Waals surface area contributed by atoms with Gasteiger partial charge in [0, 0.05) is 49.8 Å². The molecular weight excluding hydrogens is 330 g/mol. The van der Waals surface area contributed by atoms with Gasteiger partial charge in [0.05, 0.1) is 31.9 Å². The quantitative estimate of drug-likeness (QED) is 0.856. The number of hydrogen-bond acceptors (Lipinski definition) is 6. The number of nitrogens with one attached hydrogen (secondary N) is 1. The molecule has 4 rings (SSSR count). The number of ether oxygens (including phenoxy) is 3. The smallest absolute Gasteiger partial charge is 0.133 e. The molecule has 1 aromatic carbocycles. The van der Waals surface area contributed by atoms with E-state index in [1.54, 1.807) is 7.11 Å². The Kier molecular flexibility index (Phi) is 5.53. The molecule has 26 heavy (non-hydrogen) atoms. The van der Waals surface area contributed by atoms with Crippen LogP contribution in [-0.2, 0) is 16.0 Å². The second-order valence-electron chi connectivity index (χ2n) is 6.90. The van der Waals surface area contributed by atoms with E-state index in [0.29, 0.717) is 6.10 Å². The summed E-state index contributed by atoms with van der Waals surface area (Å²) in [5.41, 5.74) is 2.19. The molecule has 2 aliphatic rings. The van der Waals surface area contributed by atoms with Crippen molar-refractivity contribution in [2.24, 2.45) is 0 Å². The molecule has 1 atom stereocenters. The molecule has 6 heteroatoms. The molecule has 0 aliphatic carbocycles. The first-order valence-corrected chi connectivity index (χ1v) is 9.46. The van der Waals surface area contributed by atoms with Crippen LogP contribution >= 0.6 is 0 Å². The molecule has 1 aromatic heterocycles. The van der Waals surface area contributed by atoms with Gasteiger partial charge in [-0.15, -0.1) is 0 Å². The Morgan fingerprint density at radius 1 is 1.23 bits per heavy atom. The van der Waals surface area contributed by atoms with Crippen LogP contribution in [0.1, 0.15) is 18.4 Å². The molecule has 2 aliphatic heterocycles. The molecule has 1 N–H and O–H groups in total. The summed E-state index contributed by atoms with van der Waals surface area (Å²) in [7, 11) is 1.69. The van der Waals surface area contributed by atoms with E-state index in [0.717, 1.165) is 74.9 Å². The van der Waals surface area contributed by atoms with E-state index in [9.17, 15) is 0 Å². The highest BCUT2D eigenvalue weighted by Crippen LogP contribution is 2.27. The van der Waals surface area contributed by atoms with E-state index in [2.05, 4.69) is 22.3 Å². The summed E-state index contributed by atoms with van der Waals surface area (Å²) >= 11 is 0. The highest BCUT2D eigenvalue weighted by molar-refractivity contribution is 5.83. The van der Waals surface area contributed by atoms with Gasteiger partial charge in [-0.3, -0.25) is 0 Å². The normalized spacial score (nSPS) is 20.7. The van der Waals surface area contributed by atoms with E-state index < -0.39 is 0 Å². The predicted octanol–water partition coefficient (Wildman–Crippen LogP) is 2.35. The number of pyridine rings is 1. The van der Waals surface area contributed by atoms with Gasteiger partial charge in [-0.1, -0.05) is 0 Å². The van der Waals surface area contributed by atoms with Gasteiger partial charge in [-0.05, 0) is 31.0 Å². The van der Waals surface area contributed by atoms with Crippen LogP contribution in [0.4, 0.5) is 5.82 Å². The van der Waals surface area contributed by atoms with Crippen LogP contribution in [-0.4, -0.2) is 57.7 Å². The first-order valence-electron chi connectivity index (χ1n) is 9.46. The Hall–Kier alpha value is -1.89. The van der Waals surface area contributed by atoms with Crippen molar-refractivity contribution in [3.05, 3.63) is 29.8 Å². The minimum atomic E-state index is 0.347. The number of fused-ring (bicyclic) bond motifs is 1. The van der Waals surface area contributed by atoms with Crippen molar-refractivity contribution in [2.75, 3.05) is 51.5 Å². The predicted molar refractivity (Wildman–Crippen MR) is 102 cm³/mol. The zero-order valence-electron chi connectivity index (χ0n) is 15.4. The lowest BCUT2D eigenvalue weighted by Crippen LogP contribution is -2.38. The second-order valence-corrected chi connectivity index (χ2v) is 6.90. The van der Waals surface area contributed by atoms with E-state index in [1.165, 1.54) is 12.0 Å². The van der Waals surface area contributed by atoms with Crippen molar-refractivity contribution in [1.82, 2.24) is 10.3 Å². The van der Waals surface area contributed by atoms with Gasteiger partial charge in [0.1, 0.15) is 11.6 Å². The fraction of sp³-hybridized carbons (Fsp3) is 0.550. The third-order valence-corrected chi connectivity index (χ3v) is 5.10. The maximum absolute atomic E-state index is 5.71. The number of anilines is 1. The average Bonchev–Trinajstić information content (AvgIpc) is 3.21. The molecule has 0 unspecified atom stereocenters. The van der Waals surface area contributed by atoms with Crippen LogP contribution in [0.3, 0.4) is 0 Å². The number of nitrogens with zero attached hydrogens (tertiary/aromatic N) is 2. The Morgan fingerprint density at radius 2 is 2.12 bits per heavy atom. The molecule has 0 amide bonds. The van der Waals surface area contributed by atoms with Gasteiger partial charge in [0.25, 0.3) is 0 Å². The van der Waals surface area contributed by atoms with E-state index >= 15 is 0 Å². The maximum atomic E-state index is 5.71. The summed E-state index contributed by atoms with van der Waals surface area (Å²) in [4.78, 5) is 7.30. The monoisotopic (exact) mass is 357 g/mol. The van der Waals surface area contributed by atoms with Crippen LogP contribution < -0.4 is 15.0 Å². The number of aromatic nitrogens is 1. The fourth-order valence-electron chi connectivity index (χ4n) is 3.66. The SMILES string of the molecule is COc1ccc2cc(CNC[C@@H]3CCCO3)c(N3CCOCC3)nc2c1. The molecule has 140 valence electrons. The lowest BCUT2D eigenvalue weighted by molar-refractivity contribution is 0.110. The van der Waals surface area contributed by atoms with Gasteiger partial charge in [0.2, 0.25) is 0 Å².